The van der Waals surface area contributed by atoms with Crippen LogP contribution in [0.4, 0.5) is 0 Å². The first-order chi connectivity index (χ1) is 6.61. The highest BCUT2D eigenvalue weighted by Crippen LogP contribution is 2.17. The van der Waals surface area contributed by atoms with E-state index in [9.17, 15) is 0 Å². The van der Waals surface area contributed by atoms with Crippen molar-refractivity contribution in [3.8, 4) is 0 Å². The summed E-state index contributed by atoms with van der Waals surface area (Å²) in [4.78, 5) is 4.64. The summed E-state index contributed by atoms with van der Waals surface area (Å²) in [5.74, 6) is 0. The second-order valence-corrected chi connectivity index (χ2v) is 4.33. The smallest absolute Gasteiger partial charge is 0.0282 e. The molecular weight excluding hydrogens is 172 g/mol. The molecule has 2 heteroatoms. The van der Waals surface area contributed by atoms with Crippen LogP contribution in [-0.2, 0) is 0 Å². The molecule has 0 aliphatic heterocycles. The molecule has 1 aliphatic carbocycles. The summed E-state index contributed by atoms with van der Waals surface area (Å²) in [6, 6.07) is 0.574. The van der Waals surface area contributed by atoms with Crippen molar-refractivity contribution in [1.29, 1.82) is 0 Å². The van der Waals surface area contributed by atoms with E-state index >= 15 is 0 Å². The van der Waals surface area contributed by atoms with Gasteiger partial charge < -0.3 is 4.90 Å². The topological polar surface area (TPSA) is 6.48 Å². The molecule has 0 heterocycles. The minimum Gasteiger partial charge on any atom is -0.308 e. The van der Waals surface area contributed by atoms with Gasteiger partial charge in [-0.2, -0.15) is 0 Å². The average Bonchev–Trinajstić information content (AvgIpc) is 2.65. The maximum absolute atomic E-state index is 2.42. The lowest BCUT2D eigenvalue weighted by Crippen LogP contribution is -2.35. The van der Waals surface area contributed by atoms with Gasteiger partial charge in [-0.05, 0) is 40.1 Å². The molecule has 0 aromatic rings. The van der Waals surface area contributed by atoms with Crippen LogP contribution in [0.3, 0.4) is 0 Å². The molecule has 1 rings (SSSR count). The highest BCUT2D eigenvalue weighted by Gasteiger charge is 2.14. The Morgan fingerprint density at radius 3 is 2.50 bits per heavy atom. The Morgan fingerprint density at radius 2 is 2.00 bits per heavy atom. The van der Waals surface area contributed by atoms with Gasteiger partial charge in [0.15, 0.2) is 0 Å². The number of nitrogens with zero attached hydrogens (tertiary/aromatic N) is 2. The van der Waals surface area contributed by atoms with Gasteiger partial charge in [0, 0.05) is 19.1 Å². The summed E-state index contributed by atoms with van der Waals surface area (Å²) < 4.78 is 0. The third-order valence-corrected chi connectivity index (χ3v) is 2.90. The highest BCUT2D eigenvalue weighted by molar-refractivity contribution is 5.26. The Morgan fingerprint density at radius 1 is 1.29 bits per heavy atom. The lowest BCUT2D eigenvalue weighted by molar-refractivity contribution is 0.249. The molecule has 0 N–H and O–H groups in total. The van der Waals surface area contributed by atoms with Crippen LogP contribution in [0.5, 0.6) is 0 Å². The zero-order valence-electron chi connectivity index (χ0n) is 9.83. The molecule has 0 spiro atoms. The molecule has 0 fully saturated rings. The second kappa shape index (κ2) is 5.32. The molecule has 80 valence electrons. The third kappa shape index (κ3) is 3.28. The summed E-state index contributed by atoms with van der Waals surface area (Å²) in [5.41, 5.74) is 1.53. The summed E-state index contributed by atoms with van der Waals surface area (Å²) in [7, 11) is 6.44. The lowest BCUT2D eigenvalue weighted by atomic mass is 10.1. The third-order valence-electron chi connectivity index (χ3n) is 2.90. The molecule has 0 saturated heterocycles. The minimum atomic E-state index is 0.574. The van der Waals surface area contributed by atoms with Gasteiger partial charge in [-0.3, -0.25) is 4.90 Å². The molecule has 0 bridgehead atoms. The first-order valence-corrected chi connectivity index (χ1v) is 5.32. The largest absolute Gasteiger partial charge is 0.308 e. The maximum atomic E-state index is 2.42. The van der Waals surface area contributed by atoms with Crippen molar-refractivity contribution >= 4 is 0 Å². The Kier molecular flexibility index (Phi) is 4.36. The zero-order chi connectivity index (χ0) is 10.6. The Bertz CT molecular complexity index is 228. The SMILES string of the molecule is CC(C1=CC=CC1)N(C)CCN(C)C. The molecule has 2 nitrogen and oxygen atoms in total. The molecule has 1 atom stereocenters. The predicted octanol–water partition coefficient (Wildman–Crippen LogP) is 1.75. The van der Waals surface area contributed by atoms with Gasteiger partial charge in [0.1, 0.15) is 0 Å². The van der Waals surface area contributed by atoms with Crippen molar-refractivity contribution in [2.45, 2.75) is 19.4 Å². The van der Waals surface area contributed by atoms with Crippen molar-refractivity contribution < 1.29 is 0 Å². The Balaban J connectivity index is 2.32. The summed E-state index contributed by atoms with van der Waals surface area (Å²) in [6.45, 7) is 4.54. The van der Waals surface area contributed by atoms with E-state index in [-0.39, 0.29) is 0 Å². The van der Waals surface area contributed by atoms with Crippen LogP contribution in [0.25, 0.3) is 0 Å². The molecule has 0 radical (unpaired) electrons. The summed E-state index contributed by atoms with van der Waals surface area (Å²) in [5, 5.41) is 0. The van der Waals surface area contributed by atoms with Crippen LogP contribution in [-0.4, -0.2) is 50.1 Å². The fourth-order valence-electron chi connectivity index (χ4n) is 1.61. The number of likely N-dealkylation sites (N-methyl/N-ethyl adjacent to an activating group) is 2. The van der Waals surface area contributed by atoms with Crippen molar-refractivity contribution in [1.82, 2.24) is 9.80 Å². The van der Waals surface area contributed by atoms with Crippen LogP contribution in [0.2, 0.25) is 0 Å². The van der Waals surface area contributed by atoms with Crippen LogP contribution >= 0.6 is 0 Å². The van der Waals surface area contributed by atoms with Crippen LogP contribution < -0.4 is 0 Å². The molecular formula is C12H22N2. The Labute approximate surface area is 87.9 Å². The van der Waals surface area contributed by atoms with E-state index < -0.39 is 0 Å². The Hall–Kier alpha value is -0.600. The molecule has 1 unspecified atom stereocenters. The fourth-order valence-corrected chi connectivity index (χ4v) is 1.61. The molecule has 0 saturated carbocycles. The molecule has 14 heavy (non-hydrogen) atoms. The number of hydrogen-bond acceptors (Lipinski definition) is 2. The van der Waals surface area contributed by atoms with Gasteiger partial charge in [-0.25, -0.2) is 0 Å². The molecule has 0 aromatic heterocycles. The van der Waals surface area contributed by atoms with E-state index in [4.69, 9.17) is 0 Å². The predicted molar refractivity (Wildman–Crippen MR) is 62.5 cm³/mol. The average molecular weight is 194 g/mol. The van der Waals surface area contributed by atoms with Gasteiger partial charge in [-0.1, -0.05) is 18.2 Å². The fraction of sp³-hybridized carbons (Fsp3) is 0.667. The van der Waals surface area contributed by atoms with Gasteiger partial charge in [0.05, 0.1) is 0 Å². The standard InChI is InChI=1S/C12H22N2/c1-11(12-7-5-6-8-12)14(4)10-9-13(2)3/h5-7,11H,8-10H2,1-4H3. The molecule has 1 aliphatic rings. The molecule has 0 amide bonds. The van der Waals surface area contributed by atoms with E-state index in [1.165, 1.54) is 5.57 Å². The first-order valence-electron chi connectivity index (χ1n) is 5.32. The summed E-state index contributed by atoms with van der Waals surface area (Å²) >= 11 is 0. The maximum Gasteiger partial charge on any atom is 0.0282 e. The minimum absolute atomic E-state index is 0.574. The molecule has 0 aromatic carbocycles. The van der Waals surface area contributed by atoms with Crippen LogP contribution in [0, 0.1) is 0 Å². The van der Waals surface area contributed by atoms with Gasteiger partial charge >= 0.3 is 0 Å². The number of hydrogen-bond donors (Lipinski definition) is 0. The normalized spacial score (nSPS) is 18.0. The highest BCUT2D eigenvalue weighted by atomic mass is 15.2. The van der Waals surface area contributed by atoms with Crippen LogP contribution in [0.15, 0.2) is 23.8 Å². The van der Waals surface area contributed by atoms with E-state index in [1.807, 2.05) is 0 Å². The van der Waals surface area contributed by atoms with Crippen molar-refractivity contribution in [3.05, 3.63) is 23.8 Å². The van der Waals surface area contributed by atoms with E-state index in [1.54, 1.807) is 0 Å². The van der Waals surface area contributed by atoms with Gasteiger partial charge in [0.2, 0.25) is 0 Å². The van der Waals surface area contributed by atoms with Gasteiger partial charge in [-0.15, -0.1) is 0 Å². The van der Waals surface area contributed by atoms with E-state index in [0.29, 0.717) is 6.04 Å². The van der Waals surface area contributed by atoms with Crippen molar-refractivity contribution in [3.63, 3.8) is 0 Å². The van der Waals surface area contributed by atoms with E-state index in [0.717, 1.165) is 19.5 Å². The second-order valence-electron chi connectivity index (χ2n) is 4.33. The zero-order valence-corrected chi connectivity index (χ0v) is 9.83. The first kappa shape index (κ1) is 11.5. The monoisotopic (exact) mass is 194 g/mol. The quantitative estimate of drug-likeness (QED) is 0.658. The van der Waals surface area contributed by atoms with Crippen molar-refractivity contribution in [2.24, 2.45) is 0 Å². The van der Waals surface area contributed by atoms with Crippen LogP contribution in [0.1, 0.15) is 13.3 Å². The van der Waals surface area contributed by atoms with E-state index in [2.05, 4.69) is 56.1 Å². The number of allylic oxidation sites excluding steroid dienone is 3. The lowest BCUT2D eigenvalue weighted by Gasteiger charge is -2.27. The summed E-state index contributed by atoms with van der Waals surface area (Å²) in [6.07, 6.45) is 7.77. The number of rotatable bonds is 5. The van der Waals surface area contributed by atoms with Gasteiger partial charge in [0.25, 0.3) is 0 Å². The van der Waals surface area contributed by atoms with Crippen molar-refractivity contribution in [2.75, 3.05) is 34.2 Å².